The Balaban J connectivity index is 2.48. The Hall–Kier alpha value is -1.22. The van der Waals surface area contributed by atoms with Crippen molar-refractivity contribution in [2.75, 3.05) is 6.61 Å². The van der Waals surface area contributed by atoms with Gasteiger partial charge in [0.1, 0.15) is 18.1 Å². The van der Waals surface area contributed by atoms with E-state index in [1.807, 2.05) is 0 Å². The lowest BCUT2D eigenvalue weighted by Gasteiger charge is -2.07. The highest BCUT2D eigenvalue weighted by Crippen LogP contribution is 2.15. The second-order valence-corrected chi connectivity index (χ2v) is 2.65. The monoisotopic (exact) mass is 168 g/mol. The molecule has 0 aliphatic carbocycles. The van der Waals surface area contributed by atoms with Crippen LogP contribution in [0.4, 0.5) is 0 Å². The van der Waals surface area contributed by atoms with Crippen LogP contribution in [0.5, 0.6) is 11.5 Å². The smallest absolute Gasteiger partial charge is 0.119 e. The van der Waals surface area contributed by atoms with E-state index < -0.39 is 6.10 Å². The fourth-order valence-corrected chi connectivity index (χ4v) is 0.759. The molecule has 1 aromatic carbocycles. The molecular weight excluding hydrogens is 156 g/mol. The second kappa shape index (κ2) is 3.97. The minimum absolute atomic E-state index is 0.208. The minimum Gasteiger partial charge on any atom is -0.508 e. The van der Waals surface area contributed by atoms with E-state index in [1.54, 1.807) is 19.1 Å². The van der Waals surface area contributed by atoms with Gasteiger partial charge in [-0.15, -0.1) is 0 Å². The van der Waals surface area contributed by atoms with E-state index in [4.69, 9.17) is 14.9 Å². The van der Waals surface area contributed by atoms with Crippen LogP contribution in [0.2, 0.25) is 0 Å². The van der Waals surface area contributed by atoms with Gasteiger partial charge >= 0.3 is 0 Å². The maximum Gasteiger partial charge on any atom is 0.119 e. The number of ether oxygens (including phenoxy) is 1. The summed E-state index contributed by atoms with van der Waals surface area (Å²) in [5, 5.41) is 17.8. The molecule has 1 atom stereocenters. The number of aliphatic hydroxyl groups excluding tert-OH is 1. The van der Waals surface area contributed by atoms with Gasteiger partial charge in [-0.1, -0.05) is 0 Å². The van der Waals surface area contributed by atoms with Gasteiger partial charge in [-0.2, -0.15) is 0 Å². The van der Waals surface area contributed by atoms with Gasteiger partial charge in [0.15, 0.2) is 0 Å². The number of phenolic OH excluding ortho intramolecular Hbond substituents is 1. The third-order valence-corrected chi connectivity index (χ3v) is 1.33. The van der Waals surface area contributed by atoms with Crippen LogP contribution in [-0.2, 0) is 0 Å². The molecular formula is C9H12O3. The fourth-order valence-electron chi connectivity index (χ4n) is 0.759. The van der Waals surface area contributed by atoms with E-state index in [1.165, 1.54) is 12.1 Å². The quantitative estimate of drug-likeness (QED) is 0.711. The first-order chi connectivity index (χ1) is 5.68. The molecule has 3 nitrogen and oxygen atoms in total. The number of hydrogen-bond acceptors (Lipinski definition) is 3. The van der Waals surface area contributed by atoms with Gasteiger partial charge in [0, 0.05) is 0 Å². The highest BCUT2D eigenvalue weighted by molar-refractivity contribution is 5.29. The molecule has 0 heterocycles. The number of aliphatic hydroxyl groups is 1. The van der Waals surface area contributed by atoms with Crippen molar-refractivity contribution in [2.45, 2.75) is 13.0 Å². The summed E-state index contributed by atoms with van der Waals surface area (Å²) in [5.41, 5.74) is 0. The average molecular weight is 168 g/mol. The van der Waals surface area contributed by atoms with Crippen LogP contribution in [0.15, 0.2) is 24.3 Å². The van der Waals surface area contributed by atoms with Crippen LogP contribution in [0, 0.1) is 0 Å². The summed E-state index contributed by atoms with van der Waals surface area (Å²) in [6.07, 6.45) is -0.473. The zero-order valence-electron chi connectivity index (χ0n) is 6.90. The molecule has 66 valence electrons. The molecule has 0 spiro atoms. The highest BCUT2D eigenvalue weighted by atomic mass is 16.5. The van der Waals surface area contributed by atoms with Crippen LogP contribution in [0.25, 0.3) is 0 Å². The first kappa shape index (κ1) is 8.87. The van der Waals surface area contributed by atoms with Crippen LogP contribution >= 0.6 is 0 Å². The van der Waals surface area contributed by atoms with E-state index >= 15 is 0 Å². The van der Waals surface area contributed by atoms with Crippen molar-refractivity contribution in [1.29, 1.82) is 0 Å². The maximum absolute atomic E-state index is 8.93. The van der Waals surface area contributed by atoms with Crippen molar-refractivity contribution in [2.24, 2.45) is 0 Å². The molecule has 0 radical (unpaired) electrons. The van der Waals surface area contributed by atoms with E-state index in [0.717, 1.165) is 0 Å². The summed E-state index contributed by atoms with van der Waals surface area (Å²) in [7, 11) is 0. The molecule has 0 fully saturated rings. The normalized spacial score (nSPS) is 12.5. The number of rotatable bonds is 3. The number of aromatic hydroxyl groups is 1. The summed E-state index contributed by atoms with van der Waals surface area (Å²) in [4.78, 5) is 0. The molecule has 0 amide bonds. The van der Waals surface area contributed by atoms with Crippen molar-refractivity contribution in [3.63, 3.8) is 0 Å². The summed E-state index contributed by atoms with van der Waals surface area (Å²) >= 11 is 0. The first-order valence-corrected chi connectivity index (χ1v) is 3.78. The molecule has 0 aliphatic rings. The summed E-state index contributed by atoms with van der Waals surface area (Å²) in [6, 6.07) is 6.38. The van der Waals surface area contributed by atoms with Gasteiger partial charge in [-0.05, 0) is 31.2 Å². The predicted octanol–water partition coefficient (Wildman–Crippen LogP) is 1.15. The van der Waals surface area contributed by atoms with Gasteiger partial charge in [0.2, 0.25) is 0 Å². The van der Waals surface area contributed by atoms with Crippen LogP contribution in [-0.4, -0.2) is 22.9 Å². The third kappa shape index (κ3) is 2.80. The standard InChI is InChI=1S/C9H12O3/c1-7(10)6-12-9-4-2-8(11)3-5-9/h2-5,7,10-11H,6H2,1H3. The molecule has 2 N–H and O–H groups in total. The van der Waals surface area contributed by atoms with Gasteiger partial charge < -0.3 is 14.9 Å². The lowest BCUT2D eigenvalue weighted by atomic mass is 10.3. The molecule has 0 bridgehead atoms. The lowest BCUT2D eigenvalue weighted by molar-refractivity contribution is 0.122. The maximum atomic E-state index is 8.93. The molecule has 1 rings (SSSR count). The molecule has 0 saturated heterocycles. The summed E-state index contributed by atoms with van der Waals surface area (Å²) in [5.74, 6) is 0.855. The van der Waals surface area contributed by atoms with Gasteiger partial charge in [-0.25, -0.2) is 0 Å². The summed E-state index contributed by atoms with van der Waals surface area (Å²) in [6.45, 7) is 1.92. The topological polar surface area (TPSA) is 49.7 Å². The van der Waals surface area contributed by atoms with Crippen LogP contribution in [0.3, 0.4) is 0 Å². The SMILES string of the molecule is CC(O)COc1ccc(O)cc1. The Morgan fingerprint density at radius 3 is 2.42 bits per heavy atom. The van der Waals surface area contributed by atoms with E-state index in [-0.39, 0.29) is 12.4 Å². The molecule has 1 aromatic rings. The zero-order valence-corrected chi connectivity index (χ0v) is 6.90. The summed E-state index contributed by atoms with van der Waals surface area (Å²) < 4.78 is 5.16. The van der Waals surface area contributed by atoms with Crippen molar-refractivity contribution in [3.8, 4) is 11.5 Å². The van der Waals surface area contributed by atoms with Gasteiger partial charge in [0.25, 0.3) is 0 Å². The van der Waals surface area contributed by atoms with Crippen molar-refractivity contribution in [3.05, 3.63) is 24.3 Å². The molecule has 3 heteroatoms. The minimum atomic E-state index is -0.473. The Labute approximate surface area is 71.2 Å². The van der Waals surface area contributed by atoms with Gasteiger partial charge in [-0.3, -0.25) is 0 Å². The largest absolute Gasteiger partial charge is 0.508 e. The third-order valence-electron chi connectivity index (χ3n) is 1.33. The van der Waals surface area contributed by atoms with Crippen molar-refractivity contribution >= 4 is 0 Å². The Morgan fingerprint density at radius 1 is 1.33 bits per heavy atom. The molecule has 0 aliphatic heterocycles. The molecule has 1 unspecified atom stereocenters. The van der Waals surface area contributed by atoms with Gasteiger partial charge in [0.05, 0.1) is 6.10 Å². The highest BCUT2D eigenvalue weighted by Gasteiger charge is 1.97. The molecule has 0 saturated carbocycles. The van der Waals surface area contributed by atoms with E-state index in [0.29, 0.717) is 5.75 Å². The van der Waals surface area contributed by atoms with E-state index in [9.17, 15) is 0 Å². The Kier molecular flexibility index (Phi) is 2.94. The number of hydrogen-bond donors (Lipinski definition) is 2. The number of benzene rings is 1. The van der Waals surface area contributed by atoms with Crippen LogP contribution < -0.4 is 4.74 Å². The van der Waals surface area contributed by atoms with E-state index in [2.05, 4.69) is 0 Å². The second-order valence-electron chi connectivity index (χ2n) is 2.65. The lowest BCUT2D eigenvalue weighted by Crippen LogP contribution is -2.12. The zero-order chi connectivity index (χ0) is 8.97. The Morgan fingerprint density at radius 2 is 1.92 bits per heavy atom. The Bertz CT molecular complexity index is 228. The predicted molar refractivity (Wildman–Crippen MR) is 45.3 cm³/mol. The van der Waals surface area contributed by atoms with Crippen molar-refractivity contribution < 1.29 is 14.9 Å². The van der Waals surface area contributed by atoms with Crippen LogP contribution in [0.1, 0.15) is 6.92 Å². The average Bonchev–Trinajstić information content (AvgIpc) is 2.03. The first-order valence-electron chi connectivity index (χ1n) is 3.78. The fraction of sp³-hybridized carbons (Fsp3) is 0.333. The molecule has 0 aromatic heterocycles. The number of phenols is 1. The molecule has 12 heavy (non-hydrogen) atoms. The van der Waals surface area contributed by atoms with Crippen molar-refractivity contribution in [1.82, 2.24) is 0 Å².